The zero-order valence-corrected chi connectivity index (χ0v) is 12.3. The Kier molecular flexibility index (Phi) is 3.09. The quantitative estimate of drug-likeness (QED) is 0.802. The van der Waals surface area contributed by atoms with Gasteiger partial charge in [0, 0.05) is 0 Å². The third-order valence-electron chi connectivity index (χ3n) is 2.74. The van der Waals surface area contributed by atoms with Gasteiger partial charge < -0.3 is 0 Å². The molecule has 1 aromatic rings. The van der Waals surface area contributed by atoms with E-state index in [9.17, 15) is 5.11 Å². The van der Waals surface area contributed by atoms with Gasteiger partial charge in [0.1, 0.15) is 0 Å². The topological polar surface area (TPSA) is 47.3 Å². The van der Waals surface area contributed by atoms with Crippen molar-refractivity contribution in [3.8, 4) is 0 Å². The summed E-state index contributed by atoms with van der Waals surface area (Å²) in [5.41, 5.74) is 0. The minimum absolute atomic E-state index is 0.00684. The summed E-state index contributed by atoms with van der Waals surface area (Å²) in [6.07, 6.45) is 1.56. The first-order valence-corrected chi connectivity index (χ1v) is 15.3. The summed E-state index contributed by atoms with van der Waals surface area (Å²) in [4.78, 5) is 7.01. The van der Waals surface area contributed by atoms with Crippen LogP contribution in [0.4, 0.5) is 0 Å². The molecule has 1 saturated heterocycles. The van der Waals surface area contributed by atoms with Crippen LogP contribution < -0.4 is 3.71 Å². The maximum atomic E-state index is 9.69. The molecule has 1 aromatic heterocycles. The van der Waals surface area contributed by atoms with Crippen LogP contribution in [0.3, 0.4) is 0 Å². The van der Waals surface area contributed by atoms with Gasteiger partial charge >= 0.3 is 94.2 Å². The fourth-order valence-corrected chi connectivity index (χ4v) is 4.53. The van der Waals surface area contributed by atoms with E-state index in [0.717, 1.165) is 0 Å². The molecule has 0 amide bonds. The first kappa shape index (κ1) is 11.4. The van der Waals surface area contributed by atoms with E-state index in [0.29, 0.717) is 13.2 Å². The molecule has 15 heavy (non-hydrogen) atoms. The molecule has 0 bridgehead atoms. The summed E-state index contributed by atoms with van der Waals surface area (Å²) in [7, 11) is 0. The molecule has 1 fully saturated rings. The summed E-state index contributed by atoms with van der Waals surface area (Å²) in [5.74, 6) is 0. The van der Waals surface area contributed by atoms with E-state index in [1.165, 1.54) is 3.71 Å². The molecule has 1 N–H and O–H groups in total. The van der Waals surface area contributed by atoms with Crippen LogP contribution in [-0.4, -0.2) is 52.6 Å². The zero-order chi connectivity index (χ0) is 11.1. The molecule has 4 nitrogen and oxygen atoms in total. The van der Waals surface area contributed by atoms with Crippen LogP contribution in [0.15, 0.2) is 12.3 Å². The van der Waals surface area contributed by atoms with Crippen molar-refractivity contribution in [3.05, 3.63) is 12.3 Å². The molecule has 0 radical (unpaired) electrons. The van der Waals surface area contributed by atoms with Gasteiger partial charge in [0.15, 0.2) is 0 Å². The average Bonchev–Trinajstić information content (AvgIpc) is 2.69. The van der Waals surface area contributed by atoms with Crippen LogP contribution in [0.25, 0.3) is 0 Å². The molecule has 1 unspecified atom stereocenters. The number of aliphatic hydroxyl groups excluding tert-OH is 1. The third kappa shape index (κ3) is 2.37. The van der Waals surface area contributed by atoms with Crippen molar-refractivity contribution in [2.24, 2.45) is 0 Å². The second-order valence-corrected chi connectivity index (χ2v) is 19.4. The maximum absolute atomic E-state index is 9.69. The van der Waals surface area contributed by atoms with Gasteiger partial charge in [0.25, 0.3) is 0 Å². The van der Waals surface area contributed by atoms with Gasteiger partial charge in [-0.25, -0.2) is 0 Å². The first-order chi connectivity index (χ1) is 6.98. The molecule has 0 aromatic carbocycles. The Morgan fingerprint density at radius 3 is 2.67 bits per heavy atom. The summed E-state index contributed by atoms with van der Waals surface area (Å²) < 4.78 is 8.35. The Morgan fingerprint density at radius 1 is 1.47 bits per heavy atom. The number of hydrogen-bond donors (Lipinski definition) is 1. The van der Waals surface area contributed by atoms with Gasteiger partial charge in [0.2, 0.25) is 0 Å². The van der Waals surface area contributed by atoms with E-state index < -0.39 is 24.5 Å². The summed E-state index contributed by atoms with van der Waals surface area (Å²) in [6, 6.07) is 2.11. The number of ether oxygens (including phenoxy) is 1. The van der Waals surface area contributed by atoms with E-state index in [4.69, 9.17) is 4.74 Å². The van der Waals surface area contributed by atoms with Crippen molar-refractivity contribution in [1.82, 2.24) is 9.78 Å². The minimum atomic E-state index is -2.05. The first-order valence-electron chi connectivity index (χ1n) is 5.30. The molecule has 1 aliphatic rings. The van der Waals surface area contributed by atoms with Crippen molar-refractivity contribution in [3.63, 3.8) is 0 Å². The zero-order valence-electron chi connectivity index (χ0n) is 9.47. The van der Waals surface area contributed by atoms with Crippen molar-refractivity contribution >= 4 is 22.1 Å². The number of aromatic nitrogens is 2. The van der Waals surface area contributed by atoms with Crippen LogP contribution in [-0.2, 0) is 4.74 Å². The van der Waals surface area contributed by atoms with E-state index >= 15 is 0 Å². The second kappa shape index (κ2) is 4.07. The molecule has 1 aliphatic heterocycles. The van der Waals surface area contributed by atoms with Crippen LogP contribution in [0.2, 0.25) is 14.8 Å². The van der Waals surface area contributed by atoms with E-state index in [1.54, 1.807) is 0 Å². The predicted molar refractivity (Wildman–Crippen MR) is 61.1 cm³/mol. The van der Waals surface area contributed by atoms with Crippen molar-refractivity contribution in [1.29, 1.82) is 0 Å². The van der Waals surface area contributed by atoms with Crippen molar-refractivity contribution in [2.75, 3.05) is 13.2 Å². The Hall–Kier alpha value is -0.0713. The standard InChI is InChI=1S/C7H9N2O2.3CH3.Sn/c10-7-5-11-4-6(7)9-3-1-2-8-9;;;;/h1,3,6-7,10H,4-5H2;3*1H3;/t6?,7-;;;;/m1..../s1. The van der Waals surface area contributed by atoms with Gasteiger partial charge in [-0.05, 0) is 0 Å². The summed E-state index contributed by atoms with van der Waals surface area (Å²) >= 11 is -2.05. The normalized spacial score (nSPS) is 27.2. The number of rotatable bonds is 2. The van der Waals surface area contributed by atoms with E-state index in [-0.39, 0.29) is 6.04 Å². The molecule has 0 aliphatic carbocycles. The fourth-order valence-electron chi connectivity index (χ4n) is 1.71. The van der Waals surface area contributed by atoms with Crippen LogP contribution in [0, 0.1) is 0 Å². The summed E-state index contributed by atoms with van der Waals surface area (Å²) in [5, 5.41) is 14.3. The summed E-state index contributed by atoms with van der Waals surface area (Å²) in [6.45, 7) is 1.00. The SMILES string of the molecule is [CH3][Sn]([CH3])([CH3])[c]1ccn(C2COC[C@H]2O)n1. The van der Waals surface area contributed by atoms with Gasteiger partial charge in [-0.2, -0.15) is 0 Å². The monoisotopic (exact) mass is 318 g/mol. The average molecular weight is 317 g/mol. The van der Waals surface area contributed by atoms with Crippen molar-refractivity contribution < 1.29 is 9.84 Å². The third-order valence-corrected chi connectivity index (χ3v) is 7.89. The van der Waals surface area contributed by atoms with Gasteiger partial charge in [-0.15, -0.1) is 0 Å². The Bertz CT molecular complexity index is 345. The van der Waals surface area contributed by atoms with Gasteiger partial charge in [0.05, 0.1) is 0 Å². The molecule has 84 valence electrons. The molecule has 2 heterocycles. The molecule has 0 saturated carbocycles. The fraction of sp³-hybridized carbons (Fsp3) is 0.700. The second-order valence-electron chi connectivity index (χ2n) is 5.10. The molecule has 2 atom stereocenters. The molecular weight excluding hydrogens is 299 g/mol. The van der Waals surface area contributed by atoms with Crippen LogP contribution in [0.5, 0.6) is 0 Å². The van der Waals surface area contributed by atoms with E-state index in [1.807, 2.05) is 10.9 Å². The molecule has 5 heteroatoms. The Morgan fingerprint density at radius 2 is 2.20 bits per heavy atom. The number of aliphatic hydroxyl groups is 1. The van der Waals surface area contributed by atoms with Gasteiger partial charge in [-0.3, -0.25) is 0 Å². The van der Waals surface area contributed by atoms with Crippen LogP contribution >= 0.6 is 0 Å². The molecular formula is C10H18N2O2Sn. The number of nitrogens with zero attached hydrogens (tertiary/aromatic N) is 2. The Labute approximate surface area is 94.1 Å². The Balaban J connectivity index is 2.20. The van der Waals surface area contributed by atoms with Gasteiger partial charge in [-0.1, -0.05) is 0 Å². The predicted octanol–water partition coefficient (Wildman–Crippen LogP) is 0.360. The van der Waals surface area contributed by atoms with Crippen molar-refractivity contribution in [2.45, 2.75) is 27.0 Å². The number of hydrogen-bond acceptors (Lipinski definition) is 3. The van der Waals surface area contributed by atoms with Crippen LogP contribution in [0.1, 0.15) is 6.04 Å². The molecule has 0 spiro atoms. The molecule has 2 rings (SSSR count). The van der Waals surface area contributed by atoms with E-state index in [2.05, 4.69) is 26.0 Å².